The molecular formula is C24H14F3NO2. The number of nitrogens with zero attached hydrogens (tertiary/aromatic N) is 1. The lowest BCUT2D eigenvalue weighted by Gasteiger charge is -2.11. The van der Waals surface area contributed by atoms with E-state index in [1.54, 1.807) is 18.2 Å². The minimum absolute atomic E-state index is 0.0751. The molecule has 4 aromatic rings. The van der Waals surface area contributed by atoms with Gasteiger partial charge >= 0.3 is 5.97 Å². The van der Waals surface area contributed by atoms with Crippen LogP contribution < -0.4 is 4.74 Å². The highest BCUT2D eigenvalue weighted by Gasteiger charge is 2.23. The number of aryl methyl sites for hydroxylation is 1. The van der Waals surface area contributed by atoms with Gasteiger partial charge in [0, 0.05) is 11.5 Å². The summed E-state index contributed by atoms with van der Waals surface area (Å²) in [5, 5.41) is 10.7. The lowest BCUT2D eigenvalue weighted by molar-refractivity contribution is 0.0724. The van der Waals surface area contributed by atoms with Gasteiger partial charge in [0.05, 0.1) is 5.56 Å². The number of rotatable bonds is 3. The van der Waals surface area contributed by atoms with Crippen LogP contribution in [0.5, 0.6) is 5.75 Å². The number of hydrogen-bond acceptors (Lipinski definition) is 3. The third-order valence-electron chi connectivity index (χ3n) is 4.98. The predicted molar refractivity (Wildman–Crippen MR) is 107 cm³/mol. The third-order valence-corrected chi connectivity index (χ3v) is 4.98. The molecule has 148 valence electrons. The molecule has 0 heterocycles. The average molecular weight is 405 g/mol. The first-order valence-electron chi connectivity index (χ1n) is 9.18. The van der Waals surface area contributed by atoms with Crippen molar-refractivity contribution in [1.29, 1.82) is 5.26 Å². The van der Waals surface area contributed by atoms with Crippen molar-refractivity contribution in [3.63, 3.8) is 0 Å². The minimum atomic E-state index is -1.29. The number of fused-ring (bicyclic) bond motifs is 3. The van der Waals surface area contributed by atoms with Gasteiger partial charge in [-0.25, -0.2) is 18.0 Å². The number of nitriles is 1. The lowest BCUT2D eigenvalue weighted by atomic mass is 9.97. The van der Waals surface area contributed by atoms with Gasteiger partial charge in [-0.05, 0) is 46.3 Å². The molecule has 4 rings (SSSR count). The van der Waals surface area contributed by atoms with Gasteiger partial charge < -0.3 is 4.74 Å². The molecule has 0 unspecified atom stereocenters. The Hall–Kier alpha value is -3.85. The smallest absolute Gasteiger partial charge is 0.349 e. The number of hydrogen-bond donors (Lipinski definition) is 0. The van der Waals surface area contributed by atoms with Gasteiger partial charge in [-0.2, -0.15) is 5.26 Å². The second-order valence-corrected chi connectivity index (χ2v) is 6.76. The topological polar surface area (TPSA) is 50.1 Å². The Morgan fingerprint density at radius 2 is 1.70 bits per heavy atom. The molecule has 3 nitrogen and oxygen atoms in total. The van der Waals surface area contributed by atoms with Crippen LogP contribution in [0, 0.1) is 28.8 Å². The van der Waals surface area contributed by atoms with Gasteiger partial charge in [0.15, 0.2) is 0 Å². The normalized spacial score (nSPS) is 10.9. The molecule has 0 aliphatic heterocycles. The average Bonchev–Trinajstić information content (AvgIpc) is 2.73. The largest absolute Gasteiger partial charge is 0.423 e. The van der Waals surface area contributed by atoms with Crippen LogP contribution in [0.4, 0.5) is 13.2 Å². The first kappa shape index (κ1) is 19.5. The maximum absolute atomic E-state index is 15.1. The molecule has 0 N–H and O–H groups in total. The second kappa shape index (κ2) is 7.53. The Bertz CT molecular complexity index is 1370. The van der Waals surface area contributed by atoms with E-state index < -0.39 is 29.0 Å². The zero-order valence-corrected chi connectivity index (χ0v) is 15.8. The van der Waals surface area contributed by atoms with Crippen molar-refractivity contribution in [2.75, 3.05) is 0 Å². The second-order valence-electron chi connectivity index (χ2n) is 6.76. The van der Waals surface area contributed by atoms with Crippen molar-refractivity contribution in [3.05, 3.63) is 88.7 Å². The van der Waals surface area contributed by atoms with E-state index >= 15 is 4.39 Å². The molecule has 0 aromatic heterocycles. The van der Waals surface area contributed by atoms with Crippen molar-refractivity contribution in [3.8, 4) is 11.8 Å². The van der Waals surface area contributed by atoms with Gasteiger partial charge in [0.25, 0.3) is 0 Å². The standard InChI is InChI=1S/C24H14F3NO2/c1-2-13-3-7-17-14(9-13)5-8-18-19(17)11-21(26)22(23(18)27)24(29)30-16-6-4-15(12-28)20(25)10-16/h3-11H,2H2,1H3. The summed E-state index contributed by atoms with van der Waals surface area (Å²) in [6, 6.07) is 14.7. The van der Waals surface area contributed by atoms with E-state index in [1.165, 1.54) is 12.1 Å². The van der Waals surface area contributed by atoms with E-state index in [0.717, 1.165) is 35.6 Å². The fourth-order valence-corrected chi connectivity index (χ4v) is 3.40. The molecule has 0 atom stereocenters. The van der Waals surface area contributed by atoms with Gasteiger partial charge in [-0.1, -0.05) is 37.3 Å². The van der Waals surface area contributed by atoms with E-state index in [9.17, 15) is 13.6 Å². The molecule has 6 heteroatoms. The quantitative estimate of drug-likeness (QED) is 0.236. The van der Waals surface area contributed by atoms with Crippen LogP contribution in [0.1, 0.15) is 28.4 Å². The molecule has 0 radical (unpaired) electrons. The summed E-state index contributed by atoms with van der Waals surface area (Å²) in [4.78, 5) is 12.4. The molecule has 0 spiro atoms. The lowest BCUT2D eigenvalue weighted by Crippen LogP contribution is -2.14. The van der Waals surface area contributed by atoms with Crippen LogP contribution in [0.2, 0.25) is 0 Å². The van der Waals surface area contributed by atoms with E-state index in [2.05, 4.69) is 0 Å². The Labute approximate surface area is 169 Å². The molecule has 0 bridgehead atoms. The van der Waals surface area contributed by atoms with Crippen LogP contribution in [-0.2, 0) is 6.42 Å². The van der Waals surface area contributed by atoms with E-state index in [1.807, 2.05) is 19.1 Å². The molecule has 0 fully saturated rings. The van der Waals surface area contributed by atoms with E-state index in [4.69, 9.17) is 10.00 Å². The summed E-state index contributed by atoms with van der Waals surface area (Å²) in [5.74, 6) is -4.59. The number of halogens is 3. The van der Waals surface area contributed by atoms with Crippen LogP contribution in [0.3, 0.4) is 0 Å². The van der Waals surface area contributed by atoms with Gasteiger partial charge in [0.1, 0.15) is 34.8 Å². The van der Waals surface area contributed by atoms with E-state index in [0.29, 0.717) is 10.8 Å². The van der Waals surface area contributed by atoms with Crippen molar-refractivity contribution >= 4 is 27.5 Å². The Balaban J connectivity index is 1.79. The van der Waals surface area contributed by atoms with Crippen LogP contribution in [0.25, 0.3) is 21.5 Å². The zero-order valence-electron chi connectivity index (χ0n) is 15.8. The zero-order chi connectivity index (χ0) is 21.4. The Morgan fingerprint density at radius 3 is 2.40 bits per heavy atom. The molecule has 0 aliphatic carbocycles. The Morgan fingerprint density at radius 1 is 0.933 bits per heavy atom. The SMILES string of the molecule is CCc1ccc2c(ccc3c(F)c(C(=O)Oc4ccc(C#N)c(F)c4)c(F)cc32)c1. The summed E-state index contributed by atoms with van der Waals surface area (Å²) >= 11 is 0. The Kier molecular flexibility index (Phi) is 4.88. The number of carbonyl (C=O) groups excluding carboxylic acids is 1. The summed E-state index contributed by atoms with van der Waals surface area (Å²) < 4.78 is 48.5. The fraction of sp³-hybridized carbons (Fsp3) is 0.0833. The summed E-state index contributed by atoms with van der Waals surface area (Å²) in [5.41, 5.74) is -0.00888. The van der Waals surface area contributed by atoms with Crippen LogP contribution >= 0.6 is 0 Å². The minimum Gasteiger partial charge on any atom is -0.423 e. The van der Waals surface area contributed by atoms with E-state index in [-0.39, 0.29) is 16.7 Å². The van der Waals surface area contributed by atoms with Crippen molar-refractivity contribution in [2.24, 2.45) is 0 Å². The number of carbonyl (C=O) groups is 1. The molecule has 30 heavy (non-hydrogen) atoms. The highest BCUT2D eigenvalue weighted by molar-refractivity contribution is 6.10. The summed E-state index contributed by atoms with van der Waals surface area (Å²) in [6.07, 6.45) is 0.831. The van der Waals surface area contributed by atoms with Gasteiger partial charge in [-0.15, -0.1) is 0 Å². The molecule has 0 amide bonds. The van der Waals surface area contributed by atoms with Crippen molar-refractivity contribution in [1.82, 2.24) is 0 Å². The molecule has 4 aromatic carbocycles. The number of esters is 1. The van der Waals surface area contributed by atoms with Crippen LogP contribution in [0.15, 0.2) is 54.6 Å². The maximum atomic E-state index is 15.1. The highest BCUT2D eigenvalue weighted by Crippen LogP contribution is 2.32. The van der Waals surface area contributed by atoms with Crippen molar-refractivity contribution in [2.45, 2.75) is 13.3 Å². The highest BCUT2D eigenvalue weighted by atomic mass is 19.1. The maximum Gasteiger partial charge on any atom is 0.349 e. The fourth-order valence-electron chi connectivity index (χ4n) is 3.40. The third kappa shape index (κ3) is 3.25. The van der Waals surface area contributed by atoms with Crippen molar-refractivity contribution < 1.29 is 22.7 Å². The van der Waals surface area contributed by atoms with Gasteiger partial charge in [-0.3, -0.25) is 0 Å². The van der Waals surface area contributed by atoms with Crippen LogP contribution in [-0.4, -0.2) is 5.97 Å². The number of benzene rings is 4. The predicted octanol–water partition coefficient (Wildman–Crippen LogP) is 6.06. The molecule has 0 aliphatic rings. The monoisotopic (exact) mass is 405 g/mol. The van der Waals surface area contributed by atoms with Gasteiger partial charge in [0.2, 0.25) is 0 Å². The first-order chi connectivity index (χ1) is 14.4. The molecule has 0 saturated heterocycles. The summed E-state index contributed by atoms with van der Waals surface area (Å²) in [7, 11) is 0. The summed E-state index contributed by atoms with van der Waals surface area (Å²) in [6.45, 7) is 2.01. The first-order valence-corrected chi connectivity index (χ1v) is 9.18. The molecule has 0 saturated carbocycles. The number of ether oxygens (including phenoxy) is 1. The molecular weight excluding hydrogens is 391 g/mol.